The summed E-state index contributed by atoms with van der Waals surface area (Å²) in [5.41, 5.74) is 7.92. The van der Waals surface area contributed by atoms with Crippen LogP contribution in [0.15, 0.2) is 22.7 Å². The number of nitrogens with one attached hydrogen (secondary N) is 1. The molecule has 0 bridgehead atoms. The summed E-state index contributed by atoms with van der Waals surface area (Å²) in [7, 11) is 1.77. The molecular weight excluding hydrogens is 268 g/mol. The number of benzene rings is 1. The molecule has 4 heteroatoms. The SMILES string of the molecule is COC1CC(NCc2ccc(Br)cc2N)C1. The van der Waals surface area contributed by atoms with E-state index in [0.717, 1.165) is 35.1 Å². The van der Waals surface area contributed by atoms with Gasteiger partial charge in [0.2, 0.25) is 0 Å². The van der Waals surface area contributed by atoms with Crippen molar-refractivity contribution in [2.45, 2.75) is 31.5 Å². The van der Waals surface area contributed by atoms with Gasteiger partial charge in [-0.25, -0.2) is 0 Å². The van der Waals surface area contributed by atoms with Gasteiger partial charge < -0.3 is 15.8 Å². The zero-order valence-electron chi connectivity index (χ0n) is 9.37. The van der Waals surface area contributed by atoms with Crippen LogP contribution in [0.5, 0.6) is 0 Å². The molecule has 1 aliphatic rings. The first kappa shape index (κ1) is 11.9. The zero-order chi connectivity index (χ0) is 11.5. The molecule has 1 aromatic rings. The van der Waals surface area contributed by atoms with Crippen molar-refractivity contribution in [3.8, 4) is 0 Å². The van der Waals surface area contributed by atoms with Crippen molar-refractivity contribution in [2.75, 3.05) is 12.8 Å². The first-order valence-electron chi connectivity index (χ1n) is 5.49. The lowest BCUT2D eigenvalue weighted by atomic mass is 9.89. The molecule has 3 nitrogen and oxygen atoms in total. The second kappa shape index (κ2) is 5.17. The Morgan fingerprint density at radius 1 is 1.50 bits per heavy atom. The molecule has 0 saturated heterocycles. The second-order valence-corrected chi connectivity index (χ2v) is 5.17. The second-order valence-electron chi connectivity index (χ2n) is 4.25. The number of ether oxygens (including phenoxy) is 1. The molecule has 1 aliphatic carbocycles. The number of rotatable bonds is 4. The van der Waals surface area contributed by atoms with Crippen LogP contribution in [0, 0.1) is 0 Å². The quantitative estimate of drug-likeness (QED) is 0.834. The molecular formula is C12H17BrN2O. The van der Waals surface area contributed by atoms with Gasteiger partial charge in [0.1, 0.15) is 0 Å². The number of hydrogen-bond donors (Lipinski definition) is 2. The monoisotopic (exact) mass is 284 g/mol. The highest BCUT2D eigenvalue weighted by molar-refractivity contribution is 9.10. The maximum absolute atomic E-state index is 5.93. The number of nitrogen functional groups attached to an aromatic ring is 1. The molecule has 0 atom stereocenters. The van der Waals surface area contributed by atoms with Gasteiger partial charge in [0, 0.05) is 29.9 Å². The number of methoxy groups -OCH3 is 1. The van der Waals surface area contributed by atoms with Gasteiger partial charge in [-0.15, -0.1) is 0 Å². The number of halogens is 1. The van der Waals surface area contributed by atoms with Gasteiger partial charge in [0.15, 0.2) is 0 Å². The summed E-state index contributed by atoms with van der Waals surface area (Å²) in [6.07, 6.45) is 2.65. The minimum atomic E-state index is 0.444. The first-order chi connectivity index (χ1) is 7.69. The third kappa shape index (κ3) is 2.75. The van der Waals surface area contributed by atoms with Crippen LogP contribution in [-0.4, -0.2) is 19.3 Å². The van der Waals surface area contributed by atoms with Crippen LogP contribution in [0.1, 0.15) is 18.4 Å². The van der Waals surface area contributed by atoms with Crippen molar-refractivity contribution in [3.05, 3.63) is 28.2 Å². The maximum atomic E-state index is 5.93. The largest absolute Gasteiger partial charge is 0.398 e. The van der Waals surface area contributed by atoms with Crippen molar-refractivity contribution in [1.29, 1.82) is 0 Å². The van der Waals surface area contributed by atoms with E-state index in [4.69, 9.17) is 10.5 Å². The summed E-state index contributed by atoms with van der Waals surface area (Å²) in [6.45, 7) is 0.834. The Kier molecular flexibility index (Phi) is 3.84. The van der Waals surface area contributed by atoms with E-state index in [1.807, 2.05) is 12.1 Å². The fourth-order valence-electron chi connectivity index (χ4n) is 1.91. The fourth-order valence-corrected chi connectivity index (χ4v) is 2.28. The molecule has 0 amide bonds. The molecule has 0 aliphatic heterocycles. The van der Waals surface area contributed by atoms with Crippen molar-refractivity contribution >= 4 is 21.6 Å². The van der Waals surface area contributed by atoms with Crippen molar-refractivity contribution < 1.29 is 4.74 Å². The highest BCUT2D eigenvalue weighted by atomic mass is 79.9. The van der Waals surface area contributed by atoms with Crippen LogP contribution < -0.4 is 11.1 Å². The third-order valence-corrected chi connectivity index (χ3v) is 3.61. The smallest absolute Gasteiger partial charge is 0.0601 e. The van der Waals surface area contributed by atoms with Gasteiger partial charge in [0.05, 0.1) is 6.10 Å². The van der Waals surface area contributed by atoms with E-state index in [9.17, 15) is 0 Å². The Morgan fingerprint density at radius 3 is 2.88 bits per heavy atom. The van der Waals surface area contributed by atoms with Crippen LogP contribution >= 0.6 is 15.9 Å². The van der Waals surface area contributed by atoms with Crippen LogP contribution in [0.2, 0.25) is 0 Å². The maximum Gasteiger partial charge on any atom is 0.0601 e. The van der Waals surface area contributed by atoms with Crippen LogP contribution in [-0.2, 0) is 11.3 Å². The summed E-state index contributed by atoms with van der Waals surface area (Å²) in [4.78, 5) is 0. The Morgan fingerprint density at radius 2 is 2.25 bits per heavy atom. The van der Waals surface area contributed by atoms with E-state index < -0.39 is 0 Å². The lowest BCUT2D eigenvalue weighted by molar-refractivity contribution is 0.0170. The highest BCUT2D eigenvalue weighted by Gasteiger charge is 2.28. The van der Waals surface area contributed by atoms with Gasteiger partial charge in [-0.3, -0.25) is 0 Å². The predicted molar refractivity (Wildman–Crippen MR) is 69.2 cm³/mol. The van der Waals surface area contributed by atoms with E-state index in [1.165, 1.54) is 0 Å². The molecule has 1 saturated carbocycles. The number of anilines is 1. The van der Waals surface area contributed by atoms with Gasteiger partial charge in [0.25, 0.3) is 0 Å². The lowest BCUT2D eigenvalue weighted by Gasteiger charge is -2.34. The van der Waals surface area contributed by atoms with Gasteiger partial charge in [-0.2, -0.15) is 0 Å². The van der Waals surface area contributed by atoms with E-state index in [1.54, 1.807) is 7.11 Å². The van der Waals surface area contributed by atoms with Crippen molar-refractivity contribution in [2.24, 2.45) is 0 Å². The van der Waals surface area contributed by atoms with Gasteiger partial charge in [-0.1, -0.05) is 22.0 Å². The normalized spacial score (nSPS) is 24.1. The summed E-state index contributed by atoms with van der Waals surface area (Å²) < 4.78 is 6.26. The lowest BCUT2D eigenvalue weighted by Crippen LogP contribution is -2.44. The molecule has 16 heavy (non-hydrogen) atoms. The summed E-state index contributed by atoms with van der Waals surface area (Å²) >= 11 is 3.40. The van der Waals surface area contributed by atoms with Gasteiger partial charge in [-0.05, 0) is 30.5 Å². The van der Waals surface area contributed by atoms with Crippen LogP contribution in [0.25, 0.3) is 0 Å². The minimum Gasteiger partial charge on any atom is -0.398 e. The Hall–Kier alpha value is -0.580. The van der Waals surface area contributed by atoms with Crippen LogP contribution in [0.3, 0.4) is 0 Å². The molecule has 0 heterocycles. The topological polar surface area (TPSA) is 47.3 Å². The van der Waals surface area contributed by atoms with E-state index in [0.29, 0.717) is 12.1 Å². The predicted octanol–water partition coefficient (Wildman–Crippen LogP) is 2.30. The van der Waals surface area contributed by atoms with Crippen molar-refractivity contribution in [3.63, 3.8) is 0 Å². The Bertz CT molecular complexity index is 364. The summed E-state index contributed by atoms with van der Waals surface area (Å²) in [6, 6.07) is 6.59. The Balaban J connectivity index is 1.82. The molecule has 3 N–H and O–H groups in total. The number of nitrogens with two attached hydrogens (primary N) is 1. The standard InChI is InChI=1S/C12H17BrN2O/c1-16-11-5-10(6-11)15-7-8-2-3-9(13)4-12(8)14/h2-4,10-11,15H,5-7,14H2,1H3. The molecule has 0 spiro atoms. The molecule has 0 aromatic heterocycles. The molecule has 1 aromatic carbocycles. The molecule has 1 fully saturated rings. The average Bonchev–Trinajstić information content (AvgIpc) is 2.18. The number of hydrogen-bond acceptors (Lipinski definition) is 3. The van der Waals surface area contributed by atoms with E-state index in [-0.39, 0.29) is 0 Å². The van der Waals surface area contributed by atoms with E-state index >= 15 is 0 Å². The summed E-state index contributed by atoms with van der Waals surface area (Å²) in [5, 5.41) is 3.48. The highest BCUT2D eigenvalue weighted by Crippen LogP contribution is 2.24. The first-order valence-corrected chi connectivity index (χ1v) is 6.28. The summed E-state index contributed by atoms with van der Waals surface area (Å²) in [5.74, 6) is 0. The molecule has 2 rings (SSSR count). The molecule has 0 radical (unpaired) electrons. The van der Waals surface area contributed by atoms with E-state index in [2.05, 4.69) is 27.3 Å². The van der Waals surface area contributed by atoms with Gasteiger partial charge >= 0.3 is 0 Å². The van der Waals surface area contributed by atoms with Crippen molar-refractivity contribution in [1.82, 2.24) is 5.32 Å². The molecule has 88 valence electrons. The fraction of sp³-hybridized carbons (Fsp3) is 0.500. The van der Waals surface area contributed by atoms with Crippen LogP contribution in [0.4, 0.5) is 5.69 Å². The zero-order valence-corrected chi connectivity index (χ0v) is 11.0. The molecule has 0 unspecified atom stereocenters. The third-order valence-electron chi connectivity index (χ3n) is 3.12. The average molecular weight is 285 g/mol. The minimum absolute atomic E-state index is 0.444. The Labute approximate surface area is 104 Å².